The molecular weight excluding hydrogens is 254 g/mol. The van der Waals surface area contributed by atoms with Crippen LogP contribution in [0.25, 0.3) is 0 Å². The highest BCUT2D eigenvalue weighted by Crippen LogP contribution is 2.38. The van der Waals surface area contributed by atoms with E-state index in [9.17, 15) is 4.79 Å². The maximum Gasteiger partial charge on any atom is 0.221 e. The van der Waals surface area contributed by atoms with Crippen molar-refractivity contribution in [1.29, 1.82) is 0 Å². The van der Waals surface area contributed by atoms with Gasteiger partial charge in [-0.05, 0) is 19.4 Å². The smallest absolute Gasteiger partial charge is 0.221 e. The summed E-state index contributed by atoms with van der Waals surface area (Å²) in [5.74, 6) is 0.205. The summed E-state index contributed by atoms with van der Waals surface area (Å²) in [4.78, 5) is 14.7. The van der Waals surface area contributed by atoms with E-state index in [2.05, 4.69) is 22.5 Å². The van der Waals surface area contributed by atoms with Crippen LogP contribution in [0.5, 0.6) is 0 Å². The van der Waals surface area contributed by atoms with Crippen LogP contribution in [0.2, 0.25) is 0 Å². The SMILES string of the molecule is CCNCCNC(=O)CC1(N2CCOCC2)CCCC1. The van der Waals surface area contributed by atoms with E-state index in [-0.39, 0.29) is 11.4 Å². The number of morpholine rings is 1. The lowest BCUT2D eigenvalue weighted by Crippen LogP contribution is -2.54. The minimum Gasteiger partial charge on any atom is -0.379 e. The van der Waals surface area contributed by atoms with Crippen molar-refractivity contribution in [1.82, 2.24) is 15.5 Å². The standard InChI is InChI=1S/C15H29N3O2/c1-2-16-7-8-17-14(19)13-15(5-3-4-6-15)18-9-11-20-12-10-18/h16H,2-13H2,1H3,(H,17,19). The summed E-state index contributed by atoms with van der Waals surface area (Å²) in [7, 11) is 0. The van der Waals surface area contributed by atoms with Crippen molar-refractivity contribution < 1.29 is 9.53 Å². The Hall–Kier alpha value is -0.650. The molecule has 0 radical (unpaired) electrons. The first kappa shape index (κ1) is 15.7. The number of carbonyl (C=O) groups is 1. The van der Waals surface area contributed by atoms with Gasteiger partial charge in [0.25, 0.3) is 0 Å². The van der Waals surface area contributed by atoms with Crippen LogP contribution in [0.1, 0.15) is 39.0 Å². The molecule has 0 spiro atoms. The van der Waals surface area contributed by atoms with Crippen molar-refractivity contribution in [3.8, 4) is 0 Å². The second-order valence-corrected chi connectivity index (χ2v) is 5.91. The fourth-order valence-corrected chi connectivity index (χ4v) is 3.50. The first-order valence-electron chi connectivity index (χ1n) is 8.07. The molecule has 1 saturated heterocycles. The van der Waals surface area contributed by atoms with Gasteiger partial charge in [0.05, 0.1) is 13.2 Å². The summed E-state index contributed by atoms with van der Waals surface area (Å²) in [5, 5.41) is 6.28. The van der Waals surface area contributed by atoms with Gasteiger partial charge in [0.1, 0.15) is 0 Å². The Balaban J connectivity index is 1.83. The van der Waals surface area contributed by atoms with E-state index in [0.29, 0.717) is 6.42 Å². The maximum atomic E-state index is 12.2. The normalized spacial score (nSPS) is 22.9. The lowest BCUT2D eigenvalue weighted by Gasteiger charge is -2.43. The highest BCUT2D eigenvalue weighted by molar-refractivity contribution is 5.77. The van der Waals surface area contributed by atoms with E-state index in [1.807, 2.05) is 0 Å². The number of nitrogens with one attached hydrogen (secondary N) is 2. The van der Waals surface area contributed by atoms with Crippen LogP contribution in [0, 0.1) is 0 Å². The molecule has 0 aromatic carbocycles. The first-order valence-corrected chi connectivity index (χ1v) is 8.07. The summed E-state index contributed by atoms with van der Waals surface area (Å²) >= 11 is 0. The molecule has 5 nitrogen and oxygen atoms in total. The zero-order valence-electron chi connectivity index (χ0n) is 12.7. The second-order valence-electron chi connectivity index (χ2n) is 5.91. The molecule has 2 N–H and O–H groups in total. The minimum absolute atomic E-state index is 0.103. The lowest BCUT2D eigenvalue weighted by atomic mass is 9.90. The van der Waals surface area contributed by atoms with Gasteiger partial charge in [0.2, 0.25) is 5.91 Å². The number of hydrogen-bond acceptors (Lipinski definition) is 4. The fraction of sp³-hybridized carbons (Fsp3) is 0.933. The van der Waals surface area contributed by atoms with E-state index in [1.165, 1.54) is 12.8 Å². The summed E-state index contributed by atoms with van der Waals surface area (Å²) in [5.41, 5.74) is 0.103. The molecule has 2 fully saturated rings. The van der Waals surface area contributed by atoms with Crippen LogP contribution >= 0.6 is 0 Å². The second kappa shape index (κ2) is 7.96. The maximum absolute atomic E-state index is 12.2. The van der Waals surface area contributed by atoms with Crippen molar-refractivity contribution in [2.45, 2.75) is 44.6 Å². The van der Waals surface area contributed by atoms with E-state index < -0.39 is 0 Å². The number of ether oxygens (including phenoxy) is 1. The van der Waals surface area contributed by atoms with E-state index >= 15 is 0 Å². The molecule has 1 saturated carbocycles. The molecular formula is C15H29N3O2. The monoisotopic (exact) mass is 283 g/mol. The Morgan fingerprint density at radius 3 is 2.55 bits per heavy atom. The molecule has 1 heterocycles. The quantitative estimate of drug-likeness (QED) is 0.677. The molecule has 20 heavy (non-hydrogen) atoms. The molecule has 1 aliphatic carbocycles. The predicted octanol–water partition coefficient (Wildman–Crippen LogP) is 0.747. The number of carbonyl (C=O) groups excluding carboxylic acids is 1. The van der Waals surface area contributed by atoms with Crippen LogP contribution < -0.4 is 10.6 Å². The van der Waals surface area contributed by atoms with Crippen LogP contribution in [0.3, 0.4) is 0 Å². The molecule has 0 unspecified atom stereocenters. The van der Waals surface area contributed by atoms with Crippen LogP contribution in [0.15, 0.2) is 0 Å². The molecule has 0 aromatic heterocycles. The molecule has 1 aliphatic heterocycles. The van der Waals surface area contributed by atoms with Gasteiger partial charge in [-0.25, -0.2) is 0 Å². The Labute approximate surface area is 122 Å². The Kier molecular flexibility index (Phi) is 6.26. The summed E-state index contributed by atoms with van der Waals surface area (Å²) in [6, 6.07) is 0. The van der Waals surface area contributed by atoms with Gasteiger partial charge < -0.3 is 15.4 Å². The zero-order chi connectivity index (χ0) is 14.3. The topological polar surface area (TPSA) is 53.6 Å². The van der Waals surface area contributed by atoms with Crippen LogP contribution in [-0.2, 0) is 9.53 Å². The van der Waals surface area contributed by atoms with E-state index in [0.717, 1.165) is 58.8 Å². The van der Waals surface area contributed by atoms with Gasteiger partial charge in [-0.1, -0.05) is 19.8 Å². The van der Waals surface area contributed by atoms with Gasteiger partial charge in [0, 0.05) is 38.1 Å². The average Bonchev–Trinajstić information content (AvgIpc) is 2.94. The largest absolute Gasteiger partial charge is 0.379 e. The number of nitrogens with zero attached hydrogens (tertiary/aromatic N) is 1. The van der Waals surface area contributed by atoms with Gasteiger partial charge in [-0.2, -0.15) is 0 Å². The third-order valence-electron chi connectivity index (χ3n) is 4.58. The number of amides is 1. The van der Waals surface area contributed by atoms with Crippen molar-refractivity contribution in [3.05, 3.63) is 0 Å². The van der Waals surface area contributed by atoms with Gasteiger partial charge in [-0.15, -0.1) is 0 Å². The number of hydrogen-bond donors (Lipinski definition) is 2. The van der Waals surface area contributed by atoms with Gasteiger partial charge in [-0.3, -0.25) is 9.69 Å². The minimum atomic E-state index is 0.103. The Morgan fingerprint density at radius 2 is 1.90 bits per heavy atom. The van der Waals surface area contributed by atoms with Crippen molar-refractivity contribution in [2.75, 3.05) is 45.9 Å². The first-order chi connectivity index (χ1) is 9.77. The average molecular weight is 283 g/mol. The summed E-state index contributed by atoms with van der Waals surface area (Å²) in [6.45, 7) is 8.18. The Morgan fingerprint density at radius 1 is 1.20 bits per heavy atom. The van der Waals surface area contributed by atoms with Crippen LogP contribution in [0.4, 0.5) is 0 Å². The molecule has 0 bridgehead atoms. The number of rotatable bonds is 7. The summed E-state index contributed by atoms with van der Waals surface area (Å²) < 4.78 is 5.45. The predicted molar refractivity (Wildman–Crippen MR) is 79.8 cm³/mol. The van der Waals surface area contributed by atoms with E-state index in [4.69, 9.17) is 4.74 Å². The van der Waals surface area contributed by atoms with E-state index in [1.54, 1.807) is 0 Å². The van der Waals surface area contributed by atoms with Gasteiger partial charge in [0.15, 0.2) is 0 Å². The third kappa shape index (κ3) is 4.17. The van der Waals surface area contributed by atoms with Crippen molar-refractivity contribution >= 4 is 5.91 Å². The Bertz CT molecular complexity index is 297. The highest BCUT2D eigenvalue weighted by atomic mass is 16.5. The fourth-order valence-electron chi connectivity index (χ4n) is 3.50. The molecule has 0 aromatic rings. The molecule has 5 heteroatoms. The van der Waals surface area contributed by atoms with Crippen molar-refractivity contribution in [2.24, 2.45) is 0 Å². The highest BCUT2D eigenvalue weighted by Gasteiger charge is 2.41. The molecule has 116 valence electrons. The van der Waals surface area contributed by atoms with Crippen molar-refractivity contribution in [3.63, 3.8) is 0 Å². The lowest BCUT2D eigenvalue weighted by molar-refractivity contribution is -0.125. The molecule has 1 amide bonds. The molecule has 2 aliphatic rings. The summed E-state index contributed by atoms with van der Waals surface area (Å²) in [6.07, 6.45) is 5.48. The molecule has 2 rings (SSSR count). The van der Waals surface area contributed by atoms with Crippen LogP contribution in [-0.4, -0.2) is 62.3 Å². The number of likely N-dealkylation sites (N-methyl/N-ethyl adjacent to an activating group) is 1. The third-order valence-corrected chi connectivity index (χ3v) is 4.58. The molecule has 0 atom stereocenters. The zero-order valence-corrected chi connectivity index (χ0v) is 12.7. The van der Waals surface area contributed by atoms with Gasteiger partial charge >= 0.3 is 0 Å².